The van der Waals surface area contributed by atoms with Crippen LogP contribution in [0.15, 0.2) is 0 Å². The van der Waals surface area contributed by atoms with E-state index in [1.807, 2.05) is 7.05 Å². The number of nitrogens with one attached hydrogen (secondary N) is 1. The number of likely N-dealkylation sites (N-methyl/N-ethyl adjacent to an activating group) is 1. The average Bonchev–Trinajstić information content (AvgIpc) is 1.91. The Morgan fingerprint density at radius 2 is 1.67 bits per heavy atom. The molecule has 0 radical (unpaired) electrons. The Kier molecular flexibility index (Phi) is 3.05. The van der Waals surface area contributed by atoms with Crippen LogP contribution in [0, 0.1) is 0 Å². The van der Waals surface area contributed by atoms with Gasteiger partial charge in [-0.3, -0.25) is 0 Å². The van der Waals surface area contributed by atoms with Crippen LogP contribution < -0.4 is 4.83 Å². The number of rotatable bonds is 2. The maximum atomic E-state index is 10.8. The van der Waals surface area contributed by atoms with E-state index in [0.717, 1.165) is 26.2 Å². The van der Waals surface area contributed by atoms with E-state index in [0.29, 0.717) is 0 Å². The summed E-state index contributed by atoms with van der Waals surface area (Å²) < 4.78 is 21.6. The fraction of sp³-hybridized carbons (Fsp3) is 1.00. The van der Waals surface area contributed by atoms with Gasteiger partial charge in [-0.1, -0.05) is 0 Å². The molecule has 1 aliphatic heterocycles. The van der Waals surface area contributed by atoms with Gasteiger partial charge in [-0.2, -0.15) is 0 Å². The van der Waals surface area contributed by atoms with Crippen molar-refractivity contribution in [3.05, 3.63) is 0 Å². The predicted molar refractivity (Wildman–Crippen MR) is 47.0 cm³/mol. The van der Waals surface area contributed by atoms with Gasteiger partial charge in [-0.15, -0.1) is 4.83 Å². The molecule has 0 bridgehead atoms. The summed E-state index contributed by atoms with van der Waals surface area (Å²) in [7, 11) is -1.06. The predicted octanol–water partition coefficient (Wildman–Crippen LogP) is -1.30. The Morgan fingerprint density at radius 3 is 2.08 bits per heavy atom. The summed E-state index contributed by atoms with van der Waals surface area (Å²) in [5.41, 5.74) is 0. The third-order valence-electron chi connectivity index (χ3n) is 1.80. The van der Waals surface area contributed by atoms with Gasteiger partial charge in [0, 0.05) is 26.2 Å². The quantitative estimate of drug-likeness (QED) is 0.592. The number of hydrogen-bond acceptors (Lipinski definition) is 4. The van der Waals surface area contributed by atoms with E-state index >= 15 is 0 Å². The lowest BCUT2D eigenvalue weighted by Crippen LogP contribution is -2.52. The molecule has 1 saturated heterocycles. The molecule has 72 valence electrons. The molecule has 0 aromatic heterocycles. The summed E-state index contributed by atoms with van der Waals surface area (Å²) in [5, 5.41) is 1.73. The minimum atomic E-state index is -3.08. The van der Waals surface area contributed by atoms with Gasteiger partial charge < -0.3 is 4.90 Å². The van der Waals surface area contributed by atoms with Gasteiger partial charge >= 0.3 is 0 Å². The van der Waals surface area contributed by atoms with Crippen molar-refractivity contribution in [1.82, 2.24) is 14.7 Å². The third kappa shape index (κ3) is 3.48. The first-order valence-corrected chi connectivity index (χ1v) is 5.77. The molecule has 1 heterocycles. The molecule has 0 saturated carbocycles. The zero-order valence-electron chi connectivity index (χ0n) is 7.45. The van der Waals surface area contributed by atoms with Crippen molar-refractivity contribution in [2.75, 3.05) is 39.5 Å². The van der Waals surface area contributed by atoms with E-state index in [1.54, 1.807) is 5.01 Å². The summed E-state index contributed by atoms with van der Waals surface area (Å²) in [6.07, 6.45) is 1.17. The molecule has 12 heavy (non-hydrogen) atoms. The summed E-state index contributed by atoms with van der Waals surface area (Å²) in [6.45, 7) is 3.32. The summed E-state index contributed by atoms with van der Waals surface area (Å²) in [4.78, 5) is 4.62. The standard InChI is InChI=1S/C6H15N3O2S/c1-8-3-5-9(6-4-8)7-12(2,10)11/h7H,3-6H2,1-2H3. The molecule has 0 atom stereocenters. The average molecular weight is 193 g/mol. The van der Waals surface area contributed by atoms with Gasteiger partial charge in [-0.25, -0.2) is 13.4 Å². The minimum Gasteiger partial charge on any atom is -0.304 e. The highest BCUT2D eigenvalue weighted by molar-refractivity contribution is 7.88. The lowest BCUT2D eigenvalue weighted by atomic mass is 10.4. The van der Waals surface area contributed by atoms with Gasteiger partial charge in [0.25, 0.3) is 0 Å². The molecule has 1 aliphatic rings. The minimum absolute atomic E-state index is 0.754. The van der Waals surface area contributed by atoms with Crippen LogP contribution in [-0.2, 0) is 10.0 Å². The largest absolute Gasteiger partial charge is 0.304 e. The molecule has 0 aromatic carbocycles. The zero-order valence-corrected chi connectivity index (χ0v) is 8.26. The summed E-state index contributed by atoms with van der Waals surface area (Å²) >= 11 is 0. The van der Waals surface area contributed by atoms with E-state index in [2.05, 4.69) is 9.73 Å². The Hall–Kier alpha value is -0.170. The monoisotopic (exact) mass is 193 g/mol. The van der Waals surface area contributed by atoms with Crippen LogP contribution >= 0.6 is 0 Å². The van der Waals surface area contributed by atoms with Gasteiger partial charge in [0.2, 0.25) is 10.0 Å². The zero-order chi connectivity index (χ0) is 9.19. The summed E-state index contributed by atoms with van der Waals surface area (Å²) in [5.74, 6) is 0. The topological polar surface area (TPSA) is 52.6 Å². The first kappa shape index (κ1) is 9.91. The molecule has 1 fully saturated rings. The molecule has 0 amide bonds. The highest BCUT2D eigenvalue weighted by atomic mass is 32.2. The van der Waals surface area contributed by atoms with Crippen LogP contribution in [0.2, 0.25) is 0 Å². The van der Waals surface area contributed by atoms with Crippen molar-refractivity contribution in [3.8, 4) is 0 Å². The Balaban J connectivity index is 2.36. The highest BCUT2D eigenvalue weighted by Crippen LogP contribution is 1.95. The molecule has 0 aromatic rings. The second kappa shape index (κ2) is 3.69. The van der Waals surface area contributed by atoms with E-state index in [9.17, 15) is 8.42 Å². The van der Waals surface area contributed by atoms with Crippen LogP contribution in [0.1, 0.15) is 0 Å². The van der Waals surface area contributed by atoms with Crippen LogP contribution in [0.25, 0.3) is 0 Å². The first-order chi connectivity index (χ1) is 5.47. The molecule has 1 N–H and O–H groups in total. The Morgan fingerprint density at radius 1 is 1.17 bits per heavy atom. The van der Waals surface area contributed by atoms with E-state index < -0.39 is 10.0 Å². The number of piperazine rings is 1. The van der Waals surface area contributed by atoms with Crippen LogP contribution in [0.4, 0.5) is 0 Å². The fourth-order valence-corrected chi connectivity index (χ4v) is 1.78. The summed E-state index contributed by atoms with van der Waals surface area (Å²) in [6, 6.07) is 0. The molecule has 0 spiro atoms. The molecule has 6 heteroatoms. The van der Waals surface area contributed by atoms with Gasteiger partial charge in [0.1, 0.15) is 0 Å². The lowest BCUT2D eigenvalue weighted by Gasteiger charge is -2.31. The fourth-order valence-electron chi connectivity index (χ4n) is 1.13. The van der Waals surface area contributed by atoms with Crippen molar-refractivity contribution in [2.45, 2.75) is 0 Å². The van der Waals surface area contributed by atoms with Crippen molar-refractivity contribution in [2.24, 2.45) is 0 Å². The molecule has 1 rings (SSSR count). The lowest BCUT2D eigenvalue weighted by molar-refractivity contribution is 0.135. The maximum absolute atomic E-state index is 10.8. The van der Waals surface area contributed by atoms with Crippen LogP contribution in [0.5, 0.6) is 0 Å². The van der Waals surface area contributed by atoms with E-state index in [1.165, 1.54) is 6.26 Å². The number of hydrazine groups is 1. The molecular formula is C6H15N3O2S. The molecule has 0 aliphatic carbocycles. The van der Waals surface area contributed by atoms with E-state index in [-0.39, 0.29) is 0 Å². The third-order valence-corrected chi connectivity index (χ3v) is 2.39. The van der Waals surface area contributed by atoms with Gasteiger partial charge in [0.05, 0.1) is 6.26 Å². The SMILES string of the molecule is CN1CCN(NS(C)(=O)=O)CC1. The second-order valence-corrected chi connectivity index (χ2v) is 4.88. The maximum Gasteiger partial charge on any atom is 0.221 e. The van der Waals surface area contributed by atoms with E-state index in [4.69, 9.17) is 0 Å². The Bertz CT molecular complexity index is 231. The van der Waals surface area contributed by atoms with Crippen molar-refractivity contribution < 1.29 is 8.42 Å². The molecular weight excluding hydrogens is 178 g/mol. The van der Waals surface area contributed by atoms with Crippen molar-refractivity contribution >= 4 is 10.0 Å². The Labute approximate surface area is 73.4 Å². The van der Waals surface area contributed by atoms with Crippen molar-refractivity contribution in [1.29, 1.82) is 0 Å². The molecule has 5 nitrogen and oxygen atoms in total. The van der Waals surface area contributed by atoms with Gasteiger partial charge in [0.15, 0.2) is 0 Å². The highest BCUT2D eigenvalue weighted by Gasteiger charge is 2.15. The van der Waals surface area contributed by atoms with Crippen molar-refractivity contribution in [3.63, 3.8) is 0 Å². The number of sulfonamides is 1. The number of hydrogen-bond donors (Lipinski definition) is 1. The second-order valence-electron chi connectivity index (χ2n) is 3.15. The smallest absolute Gasteiger partial charge is 0.221 e. The first-order valence-electron chi connectivity index (χ1n) is 3.88. The normalized spacial score (nSPS) is 22.8. The number of nitrogens with zero attached hydrogens (tertiary/aromatic N) is 2. The van der Waals surface area contributed by atoms with Crippen LogP contribution in [0.3, 0.4) is 0 Å². The van der Waals surface area contributed by atoms with Gasteiger partial charge in [-0.05, 0) is 7.05 Å². The molecule has 0 unspecified atom stereocenters. The van der Waals surface area contributed by atoms with Crippen LogP contribution in [-0.4, -0.2) is 57.8 Å².